The van der Waals surface area contributed by atoms with E-state index in [0.29, 0.717) is 56.7 Å². The van der Waals surface area contributed by atoms with Crippen molar-refractivity contribution in [3.8, 4) is 67.5 Å². The van der Waals surface area contributed by atoms with Gasteiger partial charge in [0.1, 0.15) is 11.4 Å². The van der Waals surface area contributed by atoms with Gasteiger partial charge in [-0.2, -0.15) is 0 Å². The molecule has 0 unspecified atom stereocenters. The lowest BCUT2D eigenvalue weighted by molar-refractivity contribution is 0.567. The third kappa shape index (κ3) is 10.3. The van der Waals surface area contributed by atoms with Crippen LogP contribution in [0, 0.1) is 42.0 Å². The SMILES string of the molecule is Cc1ccc(-c2nc3[nH]c(=S)[nH]c(=O)c3nc2-c2ccc(C)cc2)cc1.Cc1ccc(-c2nc3[nH]c(=S)[nH]c(=O)c3nc2-c2ccc(C)cc2)cc1.O=c1[nH]c(=S)[nH]c2nc(-c3ccoc3)c(-c3ccoc3)nc12. The minimum atomic E-state index is -0.394. The number of fused-ring (bicyclic) bond motifs is 3. The van der Waals surface area contributed by atoms with E-state index in [0.717, 1.165) is 50.1 Å². The number of nitrogens with zero attached hydrogens (tertiary/aromatic N) is 6. The standard InChI is InChI=1S/2C20H16N4OS.C14H8N4O3S/c2*1-11-3-7-13(8-4-11)15-16(14-9-5-12(2)6-10-14)22-18-17(21-15)19(25)24-20(26)23-18;19-13-11-12(17-14(22)18-13)16-10(8-2-4-21-6-8)9(15-11)7-1-3-20-5-7/h2*3-10H,1-2H3,(H2,22,23,24,25,26);1-6H,(H2,16,17,18,19,22). The summed E-state index contributed by atoms with van der Waals surface area (Å²) in [7, 11) is 0. The highest BCUT2D eigenvalue weighted by atomic mass is 32.1. The van der Waals surface area contributed by atoms with Gasteiger partial charge in [-0.3, -0.25) is 29.3 Å². The highest BCUT2D eigenvalue weighted by Crippen LogP contribution is 2.33. The Morgan fingerprint density at radius 1 is 0.324 bits per heavy atom. The zero-order chi connectivity index (χ0) is 51.6. The summed E-state index contributed by atoms with van der Waals surface area (Å²) in [6.45, 7) is 8.13. The van der Waals surface area contributed by atoms with Crippen molar-refractivity contribution >= 4 is 70.1 Å². The fraction of sp³-hybridized carbons (Fsp3) is 0.0741. The number of aromatic amines is 6. The van der Waals surface area contributed by atoms with E-state index in [1.165, 1.54) is 6.26 Å². The molecular formula is C54H40N12O5S3. The van der Waals surface area contributed by atoms with Crippen LogP contribution in [0.25, 0.3) is 101 Å². The molecule has 0 spiro atoms. The predicted octanol–water partition coefficient (Wildman–Crippen LogP) is 11.5. The zero-order valence-electron chi connectivity index (χ0n) is 39.7. The van der Waals surface area contributed by atoms with Gasteiger partial charge < -0.3 is 23.8 Å². The molecule has 0 aliphatic rings. The van der Waals surface area contributed by atoms with Crippen LogP contribution < -0.4 is 16.7 Å². The molecule has 0 saturated carbocycles. The molecule has 8 heterocycles. The van der Waals surface area contributed by atoms with E-state index >= 15 is 0 Å². The third-order valence-corrected chi connectivity index (χ3v) is 12.2. The molecule has 8 aromatic heterocycles. The van der Waals surface area contributed by atoms with Gasteiger partial charge >= 0.3 is 0 Å². The normalized spacial score (nSPS) is 11.0. The Kier molecular flexibility index (Phi) is 13.4. The van der Waals surface area contributed by atoms with Crippen molar-refractivity contribution in [3.63, 3.8) is 0 Å². The maximum absolute atomic E-state index is 12.3. The topological polar surface area (TPSA) is 250 Å². The summed E-state index contributed by atoms with van der Waals surface area (Å²) in [5.74, 6) is 0. The largest absolute Gasteiger partial charge is 0.472 e. The lowest BCUT2D eigenvalue weighted by Gasteiger charge is -2.10. The minimum Gasteiger partial charge on any atom is -0.472 e. The molecule has 4 aromatic carbocycles. The summed E-state index contributed by atoms with van der Waals surface area (Å²) in [6, 6.07) is 35.7. The van der Waals surface area contributed by atoms with Crippen LogP contribution in [-0.2, 0) is 0 Å². The van der Waals surface area contributed by atoms with Gasteiger partial charge in [-0.1, -0.05) is 119 Å². The molecule has 0 amide bonds. The van der Waals surface area contributed by atoms with Gasteiger partial charge in [-0.25, -0.2) is 29.9 Å². The Morgan fingerprint density at radius 3 is 0.824 bits per heavy atom. The monoisotopic (exact) mass is 1030 g/mol. The maximum atomic E-state index is 12.3. The van der Waals surface area contributed by atoms with Gasteiger partial charge in [-0.05, 0) is 76.5 Å². The van der Waals surface area contributed by atoms with Crippen LogP contribution in [0.4, 0.5) is 0 Å². The summed E-state index contributed by atoms with van der Waals surface area (Å²) < 4.78 is 10.9. The van der Waals surface area contributed by atoms with Crippen molar-refractivity contribution in [3.05, 3.63) is 202 Å². The molecule has 0 aliphatic heterocycles. The van der Waals surface area contributed by atoms with E-state index < -0.39 is 5.56 Å². The zero-order valence-corrected chi connectivity index (χ0v) is 42.1. The van der Waals surface area contributed by atoms with Gasteiger partial charge in [0.05, 0.1) is 47.8 Å². The molecule has 74 heavy (non-hydrogen) atoms. The van der Waals surface area contributed by atoms with Gasteiger partial charge in [0.25, 0.3) is 16.7 Å². The number of rotatable bonds is 6. The third-order valence-electron chi connectivity index (χ3n) is 11.6. The van der Waals surface area contributed by atoms with Crippen LogP contribution in [-0.4, -0.2) is 59.8 Å². The maximum Gasteiger partial charge on any atom is 0.279 e. The van der Waals surface area contributed by atoms with Crippen LogP contribution >= 0.6 is 36.7 Å². The molecule has 0 atom stereocenters. The number of hydrogen-bond acceptors (Lipinski definition) is 14. The van der Waals surface area contributed by atoms with Crippen LogP contribution in [0.1, 0.15) is 22.3 Å². The van der Waals surface area contributed by atoms with E-state index in [1.807, 2.05) is 125 Å². The van der Waals surface area contributed by atoms with Crippen LogP contribution in [0.5, 0.6) is 0 Å². The molecule has 364 valence electrons. The second-order valence-electron chi connectivity index (χ2n) is 17.1. The number of aromatic nitrogens is 12. The summed E-state index contributed by atoms with van der Waals surface area (Å²) in [5, 5.41) is 0. The van der Waals surface area contributed by atoms with Crippen molar-refractivity contribution in [2.75, 3.05) is 0 Å². The van der Waals surface area contributed by atoms with Crippen molar-refractivity contribution in [1.82, 2.24) is 59.8 Å². The first kappa shape index (κ1) is 48.4. The Morgan fingerprint density at radius 2 is 0.568 bits per heavy atom. The molecule has 12 aromatic rings. The Bertz CT molecular complexity index is 4220. The van der Waals surface area contributed by atoms with E-state index in [2.05, 4.69) is 49.8 Å². The average Bonchev–Trinajstić information content (AvgIpc) is 4.14. The summed E-state index contributed by atoms with van der Waals surface area (Å²) in [4.78, 5) is 80.5. The number of furan rings is 2. The van der Waals surface area contributed by atoms with Crippen LogP contribution in [0.15, 0.2) is 157 Å². The fourth-order valence-corrected chi connectivity index (χ4v) is 8.37. The lowest BCUT2D eigenvalue weighted by atomic mass is 10.0. The van der Waals surface area contributed by atoms with Gasteiger partial charge in [0.15, 0.2) is 47.8 Å². The quantitative estimate of drug-likeness (QED) is 0.0848. The molecule has 0 radical (unpaired) electrons. The van der Waals surface area contributed by atoms with E-state index in [-0.39, 0.29) is 42.0 Å². The highest BCUT2D eigenvalue weighted by molar-refractivity contribution is 7.71. The molecule has 0 aliphatic carbocycles. The first-order valence-electron chi connectivity index (χ1n) is 22.7. The van der Waals surface area contributed by atoms with Crippen molar-refractivity contribution < 1.29 is 8.83 Å². The molecule has 0 fully saturated rings. The summed E-state index contributed by atoms with van der Waals surface area (Å²) >= 11 is 15.1. The van der Waals surface area contributed by atoms with E-state index in [9.17, 15) is 14.4 Å². The van der Waals surface area contributed by atoms with Crippen LogP contribution in [0.3, 0.4) is 0 Å². The second kappa shape index (κ2) is 20.5. The minimum absolute atomic E-state index is 0.178. The molecule has 20 heteroatoms. The van der Waals surface area contributed by atoms with Gasteiger partial charge in [-0.15, -0.1) is 0 Å². The van der Waals surface area contributed by atoms with Crippen molar-refractivity contribution in [1.29, 1.82) is 0 Å². The van der Waals surface area contributed by atoms with Gasteiger partial charge in [0, 0.05) is 33.4 Å². The Hall–Kier alpha value is -9.24. The highest BCUT2D eigenvalue weighted by Gasteiger charge is 2.19. The predicted molar refractivity (Wildman–Crippen MR) is 292 cm³/mol. The van der Waals surface area contributed by atoms with Crippen molar-refractivity contribution in [2.24, 2.45) is 0 Å². The van der Waals surface area contributed by atoms with Crippen LogP contribution in [0.2, 0.25) is 0 Å². The number of H-pyrrole nitrogens is 6. The number of aryl methyl sites for hydroxylation is 4. The molecule has 6 N–H and O–H groups in total. The molecular weight excluding hydrogens is 993 g/mol. The lowest BCUT2D eigenvalue weighted by Crippen LogP contribution is -2.12. The summed E-state index contributed by atoms with van der Waals surface area (Å²) in [5.41, 5.74) is 14.2. The first-order valence-corrected chi connectivity index (χ1v) is 23.9. The molecule has 17 nitrogen and oxygen atoms in total. The molecule has 0 bridgehead atoms. The van der Waals surface area contributed by atoms with Gasteiger partial charge in [0.2, 0.25) is 0 Å². The number of nitrogens with one attached hydrogen (secondary N) is 6. The fourth-order valence-electron chi connectivity index (χ4n) is 7.80. The number of hydrogen-bond donors (Lipinski definition) is 6. The Labute approximate surface area is 433 Å². The molecule has 12 rings (SSSR count). The Balaban J connectivity index is 0.000000127. The van der Waals surface area contributed by atoms with E-state index in [1.54, 1.807) is 30.9 Å². The first-order chi connectivity index (χ1) is 35.7. The summed E-state index contributed by atoms with van der Waals surface area (Å²) in [6.07, 6.45) is 6.17. The van der Waals surface area contributed by atoms with E-state index in [4.69, 9.17) is 55.5 Å². The number of benzene rings is 4. The average molecular weight is 1030 g/mol. The molecule has 0 saturated heterocycles. The van der Waals surface area contributed by atoms with Crippen molar-refractivity contribution in [2.45, 2.75) is 27.7 Å². The smallest absolute Gasteiger partial charge is 0.279 e. The second-order valence-corrected chi connectivity index (χ2v) is 18.3.